The van der Waals surface area contributed by atoms with E-state index < -0.39 is 0 Å². The van der Waals surface area contributed by atoms with Gasteiger partial charge in [-0.05, 0) is 28.8 Å². The molecule has 3 nitrogen and oxygen atoms in total. The molecule has 2 aromatic rings. The van der Waals surface area contributed by atoms with Crippen LogP contribution in [0.2, 0.25) is 0 Å². The molecule has 102 valence electrons. The summed E-state index contributed by atoms with van der Waals surface area (Å²) in [5.41, 5.74) is 2.66. The summed E-state index contributed by atoms with van der Waals surface area (Å²) in [4.78, 5) is 11.6. The standard InChI is InChI=1S/C17H16O3/c1-19-15-10-6-9-14(11-15)16(12-17(18)20-2)13-7-4-3-5-8-13/h3-12H,1-2H3/b16-12+. The predicted molar refractivity (Wildman–Crippen MR) is 78.5 cm³/mol. The number of rotatable bonds is 4. The lowest BCUT2D eigenvalue weighted by Gasteiger charge is -2.09. The molecule has 0 heterocycles. The molecule has 0 aliphatic carbocycles. The molecule has 3 heteroatoms. The van der Waals surface area contributed by atoms with Crippen molar-refractivity contribution in [3.8, 4) is 5.75 Å². The Morgan fingerprint density at radius 3 is 2.30 bits per heavy atom. The normalized spacial score (nSPS) is 11.0. The smallest absolute Gasteiger partial charge is 0.331 e. The molecule has 0 bridgehead atoms. The summed E-state index contributed by atoms with van der Waals surface area (Å²) >= 11 is 0. The first-order chi connectivity index (χ1) is 9.74. The van der Waals surface area contributed by atoms with Gasteiger partial charge in [-0.15, -0.1) is 0 Å². The molecular formula is C17H16O3. The maximum atomic E-state index is 11.6. The first-order valence-electron chi connectivity index (χ1n) is 6.24. The zero-order valence-electron chi connectivity index (χ0n) is 11.5. The Kier molecular flexibility index (Phi) is 4.56. The van der Waals surface area contributed by atoms with Crippen molar-refractivity contribution >= 4 is 11.5 Å². The number of ether oxygens (including phenoxy) is 2. The van der Waals surface area contributed by atoms with Crippen molar-refractivity contribution in [1.82, 2.24) is 0 Å². The molecule has 0 unspecified atom stereocenters. The number of benzene rings is 2. The molecule has 0 saturated carbocycles. The third kappa shape index (κ3) is 3.26. The van der Waals surface area contributed by atoms with Gasteiger partial charge in [-0.2, -0.15) is 0 Å². The number of methoxy groups -OCH3 is 2. The van der Waals surface area contributed by atoms with Gasteiger partial charge in [0, 0.05) is 6.08 Å². The van der Waals surface area contributed by atoms with E-state index in [1.165, 1.54) is 13.2 Å². The fourth-order valence-electron chi connectivity index (χ4n) is 1.92. The van der Waals surface area contributed by atoms with Crippen LogP contribution in [0, 0.1) is 0 Å². The van der Waals surface area contributed by atoms with Crippen LogP contribution < -0.4 is 4.74 Å². The van der Waals surface area contributed by atoms with Crippen LogP contribution in [0.3, 0.4) is 0 Å². The summed E-state index contributed by atoms with van der Waals surface area (Å²) in [6, 6.07) is 17.3. The van der Waals surface area contributed by atoms with E-state index in [1.807, 2.05) is 54.6 Å². The van der Waals surface area contributed by atoms with Crippen molar-refractivity contribution in [2.45, 2.75) is 0 Å². The second-order valence-electron chi connectivity index (χ2n) is 4.18. The van der Waals surface area contributed by atoms with E-state index >= 15 is 0 Å². The molecule has 2 rings (SSSR count). The highest BCUT2D eigenvalue weighted by Gasteiger charge is 2.08. The minimum absolute atomic E-state index is 0.383. The van der Waals surface area contributed by atoms with Crippen LogP contribution in [0.25, 0.3) is 5.57 Å². The van der Waals surface area contributed by atoms with E-state index in [0.29, 0.717) is 0 Å². The summed E-state index contributed by atoms with van der Waals surface area (Å²) in [6.45, 7) is 0. The SMILES string of the molecule is COC(=O)/C=C(\c1ccccc1)c1cccc(OC)c1. The molecule has 2 aromatic carbocycles. The Morgan fingerprint density at radius 2 is 1.65 bits per heavy atom. The third-order valence-corrected chi connectivity index (χ3v) is 2.93. The Bertz CT molecular complexity index is 615. The zero-order valence-corrected chi connectivity index (χ0v) is 11.5. The van der Waals surface area contributed by atoms with Crippen LogP contribution >= 0.6 is 0 Å². The highest BCUT2D eigenvalue weighted by Crippen LogP contribution is 2.26. The summed E-state index contributed by atoms with van der Waals surface area (Å²) < 4.78 is 9.96. The molecule has 0 aliphatic rings. The average molecular weight is 268 g/mol. The molecule has 0 N–H and O–H groups in total. The Balaban J connectivity index is 2.52. The molecule has 20 heavy (non-hydrogen) atoms. The minimum atomic E-state index is -0.383. The number of hydrogen-bond acceptors (Lipinski definition) is 3. The largest absolute Gasteiger partial charge is 0.497 e. The number of esters is 1. The monoisotopic (exact) mass is 268 g/mol. The van der Waals surface area contributed by atoms with Crippen molar-refractivity contribution in [2.24, 2.45) is 0 Å². The second kappa shape index (κ2) is 6.57. The average Bonchev–Trinajstić information content (AvgIpc) is 2.53. The van der Waals surface area contributed by atoms with Gasteiger partial charge >= 0.3 is 5.97 Å². The fraction of sp³-hybridized carbons (Fsp3) is 0.118. The van der Waals surface area contributed by atoms with E-state index in [2.05, 4.69) is 0 Å². The minimum Gasteiger partial charge on any atom is -0.497 e. The van der Waals surface area contributed by atoms with Crippen molar-refractivity contribution in [1.29, 1.82) is 0 Å². The molecule has 0 saturated heterocycles. The number of carbonyl (C=O) groups excluding carboxylic acids is 1. The lowest BCUT2D eigenvalue weighted by atomic mass is 9.97. The quantitative estimate of drug-likeness (QED) is 0.630. The maximum Gasteiger partial charge on any atom is 0.331 e. The molecule has 0 aliphatic heterocycles. The van der Waals surface area contributed by atoms with E-state index in [1.54, 1.807) is 7.11 Å². The Labute approximate surface area is 118 Å². The second-order valence-corrected chi connectivity index (χ2v) is 4.18. The summed E-state index contributed by atoms with van der Waals surface area (Å²) in [7, 11) is 2.98. The number of carbonyl (C=O) groups is 1. The van der Waals surface area contributed by atoms with Gasteiger partial charge in [0.2, 0.25) is 0 Å². The molecule has 0 spiro atoms. The summed E-state index contributed by atoms with van der Waals surface area (Å²) in [6.07, 6.45) is 1.49. The molecular weight excluding hydrogens is 252 g/mol. The Hall–Kier alpha value is -2.55. The van der Waals surface area contributed by atoms with Gasteiger partial charge in [0.1, 0.15) is 5.75 Å². The topological polar surface area (TPSA) is 35.5 Å². The highest BCUT2D eigenvalue weighted by molar-refractivity contribution is 5.96. The molecule has 0 atom stereocenters. The van der Waals surface area contributed by atoms with Crippen LogP contribution in [-0.2, 0) is 9.53 Å². The number of hydrogen-bond donors (Lipinski definition) is 0. The highest BCUT2D eigenvalue weighted by atomic mass is 16.5. The van der Waals surface area contributed by atoms with Crippen LogP contribution in [0.4, 0.5) is 0 Å². The van der Waals surface area contributed by atoms with Crippen LogP contribution in [0.15, 0.2) is 60.7 Å². The Morgan fingerprint density at radius 1 is 0.950 bits per heavy atom. The van der Waals surface area contributed by atoms with Crippen LogP contribution in [0.5, 0.6) is 5.75 Å². The maximum absolute atomic E-state index is 11.6. The van der Waals surface area contributed by atoms with Gasteiger partial charge in [-0.3, -0.25) is 0 Å². The van der Waals surface area contributed by atoms with Gasteiger partial charge in [-0.1, -0.05) is 42.5 Å². The molecule has 0 radical (unpaired) electrons. The lowest BCUT2D eigenvalue weighted by Crippen LogP contribution is -1.98. The van der Waals surface area contributed by atoms with Gasteiger partial charge in [0.25, 0.3) is 0 Å². The van der Waals surface area contributed by atoms with Gasteiger partial charge in [0.15, 0.2) is 0 Å². The van der Waals surface area contributed by atoms with Gasteiger partial charge in [-0.25, -0.2) is 4.79 Å². The van der Waals surface area contributed by atoms with Crippen molar-refractivity contribution < 1.29 is 14.3 Å². The zero-order chi connectivity index (χ0) is 14.4. The van der Waals surface area contributed by atoms with Crippen molar-refractivity contribution in [3.05, 3.63) is 71.8 Å². The molecule has 0 amide bonds. The van der Waals surface area contributed by atoms with E-state index in [-0.39, 0.29) is 5.97 Å². The van der Waals surface area contributed by atoms with Gasteiger partial charge < -0.3 is 9.47 Å². The van der Waals surface area contributed by atoms with Crippen molar-refractivity contribution in [2.75, 3.05) is 14.2 Å². The van der Waals surface area contributed by atoms with Crippen LogP contribution in [0.1, 0.15) is 11.1 Å². The van der Waals surface area contributed by atoms with Crippen molar-refractivity contribution in [3.63, 3.8) is 0 Å². The fourth-order valence-corrected chi connectivity index (χ4v) is 1.92. The van der Waals surface area contributed by atoms with E-state index in [9.17, 15) is 4.79 Å². The molecule has 0 fully saturated rings. The molecule has 0 aromatic heterocycles. The summed E-state index contributed by atoms with van der Waals surface area (Å²) in [5.74, 6) is 0.362. The summed E-state index contributed by atoms with van der Waals surface area (Å²) in [5, 5.41) is 0. The first kappa shape index (κ1) is 13.9. The van der Waals surface area contributed by atoms with E-state index in [0.717, 1.165) is 22.4 Å². The third-order valence-electron chi connectivity index (χ3n) is 2.93. The van der Waals surface area contributed by atoms with E-state index in [4.69, 9.17) is 9.47 Å². The van der Waals surface area contributed by atoms with Crippen LogP contribution in [-0.4, -0.2) is 20.2 Å². The first-order valence-corrected chi connectivity index (χ1v) is 6.24. The van der Waals surface area contributed by atoms with Gasteiger partial charge in [0.05, 0.1) is 14.2 Å². The lowest BCUT2D eigenvalue weighted by molar-refractivity contribution is -0.134. The predicted octanol–water partition coefficient (Wildman–Crippen LogP) is 3.30.